The number of benzene rings is 6. The number of hydrogen-bond acceptors (Lipinski definition) is 18. The van der Waals surface area contributed by atoms with E-state index >= 15 is 0 Å². The van der Waals surface area contributed by atoms with E-state index in [-0.39, 0.29) is 48.8 Å². The summed E-state index contributed by atoms with van der Waals surface area (Å²) in [5.74, 6) is -0.820. The topological polar surface area (TPSA) is 209 Å². The third-order valence-corrected chi connectivity index (χ3v) is 19.4. The molecule has 4 aliphatic rings. The number of piperazine rings is 2. The molecule has 4 aliphatic heterocycles. The fourth-order valence-corrected chi connectivity index (χ4v) is 13.6. The van der Waals surface area contributed by atoms with Crippen LogP contribution in [0.3, 0.4) is 0 Å². The third kappa shape index (κ3) is 15.1. The van der Waals surface area contributed by atoms with Crippen molar-refractivity contribution in [3.63, 3.8) is 0 Å². The minimum atomic E-state index is -1.16. The molecule has 0 spiro atoms. The van der Waals surface area contributed by atoms with Crippen LogP contribution in [0.4, 0.5) is 22.7 Å². The van der Waals surface area contributed by atoms with Crippen molar-refractivity contribution in [2.45, 2.75) is 89.5 Å². The number of hydrogen-bond donors (Lipinski definition) is 0. The smallest absolute Gasteiger partial charge is 0.350 e. The summed E-state index contributed by atoms with van der Waals surface area (Å²) in [5, 5.41) is 19.0. The summed E-state index contributed by atoms with van der Waals surface area (Å²) in [6.07, 6.45) is 10.4. The van der Waals surface area contributed by atoms with E-state index in [1.807, 2.05) is 88.4 Å². The molecule has 0 amide bonds. The molecule has 0 aliphatic carbocycles. The molecule has 24 nitrogen and oxygen atoms in total. The fraction of sp³-hybridized carbons (Fsp3) is 0.371. The van der Waals surface area contributed by atoms with E-state index in [2.05, 4.69) is 98.5 Å². The number of ether oxygens (including phenoxy) is 6. The molecule has 0 N–H and O–H groups in total. The third-order valence-electron chi connectivity index (χ3n) is 18.3. The highest BCUT2D eigenvalue weighted by Crippen LogP contribution is 2.43. The first-order valence-electron chi connectivity index (χ1n) is 32.8. The van der Waals surface area contributed by atoms with Crippen molar-refractivity contribution in [2.24, 2.45) is 0 Å². The summed E-state index contributed by atoms with van der Waals surface area (Å²) in [4.78, 5) is 43.2. The lowest BCUT2D eigenvalue weighted by molar-refractivity contribution is -0.191. The Balaban J connectivity index is 0.000000176. The van der Waals surface area contributed by atoms with Gasteiger partial charge < -0.3 is 48.0 Å². The first kappa shape index (κ1) is 67.8. The zero-order valence-electron chi connectivity index (χ0n) is 54.7. The number of halogens is 4. The Hall–Kier alpha value is -8.72. The van der Waals surface area contributed by atoms with Gasteiger partial charge in [-0.15, -0.1) is 0 Å². The van der Waals surface area contributed by atoms with Gasteiger partial charge in [0, 0.05) is 96.3 Å². The van der Waals surface area contributed by atoms with Crippen LogP contribution in [0.15, 0.2) is 181 Å². The standard InChI is InChI=1S/2C35H38Cl2N8O4/c2*1-3-25(2)45-34(46)44(24-40-45)29-7-5-27(6-8-29)41-14-16-42(17-15-41)28-9-11-30(12-10-28)47-19-31-20-48-35(49-31,21-43-23-38-22-39-43)32-13-4-26(36)18-33(32)37/h2*4-13,18,22-25,31H,3,14-17,19-21H2,1-2H3/t2*25?,31-,35-/m00/s1. The van der Waals surface area contributed by atoms with Crippen LogP contribution < -0.4 is 40.5 Å². The van der Waals surface area contributed by atoms with Crippen LogP contribution in [0, 0.1) is 0 Å². The molecule has 0 bridgehead atoms. The van der Waals surface area contributed by atoms with Gasteiger partial charge in [-0.1, -0.05) is 72.4 Å². The van der Waals surface area contributed by atoms with E-state index in [4.69, 9.17) is 74.8 Å². The monoisotopic (exact) mass is 1410 g/mol. The maximum absolute atomic E-state index is 12.8. The first-order valence-corrected chi connectivity index (χ1v) is 34.3. The zero-order chi connectivity index (χ0) is 67.9. The average Bonchev–Trinajstić information content (AvgIpc) is 1.60. The van der Waals surface area contributed by atoms with Crippen LogP contribution in [0.25, 0.3) is 11.4 Å². The maximum atomic E-state index is 12.8. The largest absolute Gasteiger partial charge is 0.491 e. The van der Waals surface area contributed by atoms with E-state index in [1.54, 1.807) is 68.1 Å². The van der Waals surface area contributed by atoms with Crippen LogP contribution in [0.2, 0.25) is 20.1 Å². The highest BCUT2D eigenvalue weighted by atomic mass is 35.5. The molecule has 6 atom stereocenters. The van der Waals surface area contributed by atoms with Gasteiger partial charge in [-0.05, 0) is 148 Å². The molecular weight excluding hydrogens is 1330 g/mol. The maximum Gasteiger partial charge on any atom is 0.350 e. The van der Waals surface area contributed by atoms with Gasteiger partial charge in [0.25, 0.3) is 0 Å². The lowest BCUT2D eigenvalue weighted by Gasteiger charge is -2.37. The summed E-state index contributed by atoms with van der Waals surface area (Å²) >= 11 is 25.5. The molecule has 10 aromatic rings. The molecule has 98 heavy (non-hydrogen) atoms. The Morgan fingerprint density at radius 2 is 0.796 bits per heavy atom. The van der Waals surface area contributed by atoms with Crippen molar-refractivity contribution in [1.82, 2.24) is 58.2 Å². The number of rotatable bonds is 22. The average molecular weight is 1410 g/mol. The van der Waals surface area contributed by atoms with E-state index in [0.717, 1.165) is 111 Å². The van der Waals surface area contributed by atoms with Gasteiger partial charge in [-0.25, -0.2) is 47.4 Å². The van der Waals surface area contributed by atoms with Gasteiger partial charge in [0.05, 0.1) is 46.7 Å². The lowest BCUT2D eigenvalue weighted by Crippen LogP contribution is -2.46. The number of aromatic nitrogens is 12. The van der Waals surface area contributed by atoms with Gasteiger partial charge >= 0.3 is 11.4 Å². The summed E-state index contributed by atoms with van der Waals surface area (Å²) in [5.41, 5.74) is 7.28. The normalized spacial score (nSPS) is 20.1. The summed E-state index contributed by atoms with van der Waals surface area (Å²) in [6, 6.07) is 43.2. The summed E-state index contributed by atoms with van der Waals surface area (Å²) in [7, 11) is 0. The molecule has 4 saturated heterocycles. The van der Waals surface area contributed by atoms with Gasteiger partial charge in [0.1, 0.15) is 88.0 Å². The van der Waals surface area contributed by atoms with Crippen molar-refractivity contribution in [1.29, 1.82) is 0 Å². The molecule has 28 heteroatoms. The predicted octanol–water partition coefficient (Wildman–Crippen LogP) is 11.2. The van der Waals surface area contributed by atoms with Crippen LogP contribution in [0.5, 0.6) is 11.5 Å². The highest BCUT2D eigenvalue weighted by Gasteiger charge is 2.47. The summed E-state index contributed by atoms with van der Waals surface area (Å²) < 4.78 is 47.3. The van der Waals surface area contributed by atoms with Crippen molar-refractivity contribution < 1.29 is 28.4 Å². The Morgan fingerprint density at radius 3 is 1.11 bits per heavy atom. The second-order valence-electron chi connectivity index (χ2n) is 24.6. The predicted molar refractivity (Wildman–Crippen MR) is 376 cm³/mol. The van der Waals surface area contributed by atoms with Gasteiger partial charge in [0.15, 0.2) is 0 Å². The van der Waals surface area contributed by atoms with Crippen molar-refractivity contribution in [2.75, 3.05) is 98.4 Å². The van der Waals surface area contributed by atoms with Gasteiger partial charge in [-0.2, -0.15) is 20.4 Å². The molecule has 0 radical (unpaired) electrons. The van der Waals surface area contributed by atoms with Crippen LogP contribution in [-0.4, -0.2) is 149 Å². The molecule has 4 aromatic heterocycles. The lowest BCUT2D eigenvalue weighted by atomic mass is 10.1. The number of nitrogens with zero attached hydrogens (tertiary/aromatic N) is 16. The molecule has 512 valence electrons. The van der Waals surface area contributed by atoms with Crippen LogP contribution >= 0.6 is 46.4 Å². The van der Waals surface area contributed by atoms with E-state index in [1.165, 1.54) is 22.0 Å². The molecule has 8 heterocycles. The van der Waals surface area contributed by atoms with Crippen molar-refractivity contribution in [3.05, 3.63) is 224 Å². The van der Waals surface area contributed by atoms with Crippen molar-refractivity contribution in [3.8, 4) is 22.9 Å². The SMILES string of the molecule is CCC(C)n1ncn(-c2ccc(N3CCN(c4ccc(OC[C@H]5CO[C@](Cn6cncn6)(c6ccc(Cl)cc6Cl)O5)cc4)CC3)cc2)c1=O.CCC(C)n1ncn(-c2ccc(N3CCN(c4ccc(OC[C@H]5CO[C@](Cn6cncn6)(c6ccc(Cl)cc6Cl)O5)cc4)CC3)cc2)c1=O. The highest BCUT2D eigenvalue weighted by molar-refractivity contribution is 6.35. The molecule has 14 rings (SSSR count). The van der Waals surface area contributed by atoms with E-state index < -0.39 is 11.6 Å². The molecule has 4 fully saturated rings. The Labute approximate surface area is 586 Å². The van der Waals surface area contributed by atoms with E-state index in [9.17, 15) is 9.59 Å². The molecule has 0 saturated carbocycles. The second kappa shape index (κ2) is 30.2. The molecular formula is C70H76Cl4N16O8. The van der Waals surface area contributed by atoms with Crippen LogP contribution in [0.1, 0.15) is 63.7 Å². The quantitative estimate of drug-likeness (QED) is 0.0618. The molecule has 6 aromatic carbocycles. The number of anilines is 4. The van der Waals surface area contributed by atoms with Gasteiger partial charge in [0.2, 0.25) is 11.6 Å². The van der Waals surface area contributed by atoms with Gasteiger partial charge in [-0.3, -0.25) is 0 Å². The fourth-order valence-electron chi connectivity index (χ4n) is 12.5. The second-order valence-corrected chi connectivity index (χ2v) is 26.3. The Kier molecular flexibility index (Phi) is 20.9. The van der Waals surface area contributed by atoms with Crippen LogP contribution in [-0.2, 0) is 43.6 Å². The molecule has 2 unspecified atom stereocenters. The Morgan fingerprint density at radius 1 is 0.459 bits per heavy atom. The summed E-state index contributed by atoms with van der Waals surface area (Å²) in [6.45, 7) is 17.0. The minimum Gasteiger partial charge on any atom is -0.491 e. The zero-order valence-corrected chi connectivity index (χ0v) is 57.7. The minimum absolute atomic E-state index is 0.0645. The van der Waals surface area contributed by atoms with Crippen molar-refractivity contribution >= 4 is 69.2 Å². The first-order chi connectivity index (χ1) is 47.6. The van der Waals surface area contributed by atoms with E-state index in [0.29, 0.717) is 57.6 Å². The Bertz CT molecular complexity index is 4090.